The molecule has 0 atom stereocenters. The van der Waals surface area contributed by atoms with E-state index in [0.717, 1.165) is 27.9 Å². The van der Waals surface area contributed by atoms with Gasteiger partial charge >= 0.3 is 6.85 Å². The van der Waals surface area contributed by atoms with Gasteiger partial charge in [0.25, 0.3) is 0 Å². The molecule has 14 rings (SSSR count). The Hall–Kier alpha value is -7.82. The highest BCUT2D eigenvalue weighted by molar-refractivity contribution is 6.90. The van der Waals surface area contributed by atoms with E-state index in [4.69, 9.17) is 4.42 Å². The first-order valence-corrected chi connectivity index (χ1v) is 27.4. The molecule has 0 fully saturated rings. The minimum Gasteiger partial charge on any atom is -0.456 e. The molecule has 372 valence electrons. The maximum absolute atomic E-state index is 7.17. The third-order valence-electron chi connectivity index (χ3n) is 17.0. The summed E-state index contributed by atoms with van der Waals surface area (Å²) in [6.07, 6.45) is 0. The van der Waals surface area contributed by atoms with Crippen molar-refractivity contribution in [2.24, 2.45) is 0 Å². The van der Waals surface area contributed by atoms with Crippen LogP contribution in [0.15, 0.2) is 180 Å². The van der Waals surface area contributed by atoms with Gasteiger partial charge in [-0.15, -0.1) is 0 Å². The number of benzene rings is 10. The van der Waals surface area contributed by atoms with E-state index in [1.165, 1.54) is 121 Å². The third kappa shape index (κ3) is 6.81. The summed E-state index contributed by atoms with van der Waals surface area (Å²) in [6, 6.07) is 67.1. The molecule has 10 aromatic carbocycles. The molecule has 0 radical (unpaired) electrons. The number of hydrogen-bond acceptors (Lipinski definition) is 2. The molecule has 0 unspecified atom stereocenters. The van der Waals surface area contributed by atoms with Crippen LogP contribution in [0.5, 0.6) is 0 Å². The second-order valence-corrected chi connectivity index (χ2v) is 26.2. The van der Waals surface area contributed by atoms with Gasteiger partial charge in [-0.3, -0.25) is 0 Å². The highest BCUT2D eigenvalue weighted by Crippen LogP contribution is 2.53. The van der Waals surface area contributed by atoms with Gasteiger partial charge < -0.3 is 13.8 Å². The van der Waals surface area contributed by atoms with Crippen LogP contribution in [0.4, 0.5) is 17.1 Å². The molecule has 4 heteroatoms. The number of fused-ring (bicyclic) bond motifs is 13. The number of nitrogens with zero attached hydrogens (tertiary/aromatic N) is 2. The number of furan rings is 1. The van der Waals surface area contributed by atoms with E-state index in [2.05, 4.69) is 268 Å². The summed E-state index contributed by atoms with van der Waals surface area (Å²) in [4.78, 5) is 2.63. The second-order valence-electron chi connectivity index (χ2n) is 26.2. The molecule has 12 aromatic rings. The van der Waals surface area contributed by atoms with Crippen molar-refractivity contribution in [1.82, 2.24) is 4.48 Å². The highest BCUT2D eigenvalue weighted by atomic mass is 16.3. The quantitative estimate of drug-likeness (QED) is 0.130. The zero-order valence-corrected chi connectivity index (χ0v) is 46.1. The fourth-order valence-electron chi connectivity index (χ4n) is 13.6. The van der Waals surface area contributed by atoms with Crippen molar-refractivity contribution in [2.45, 2.75) is 105 Å². The maximum Gasteiger partial charge on any atom is 0.333 e. The molecular weight excluding hydrogens is 920 g/mol. The lowest BCUT2D eigenvalue weighted by Crippen LogP contribution is -2.56. The van der Waals surface area contributed by atoms with Gasteiger partial charge in [-0.05, 0) is 159 Å². The Labute approximate surface area is 447 Å². The Kier molecular flexibility index (Phi) is 9.75. The Bertz CT molecular complexity index is 4370. The van der Waals surface area contributed by atoms with Crippen molar-refractivity contribution < 1.29 is 4.42 Å². The van der Waals surface area contributed by atoms with Crippen LogP contribution in [0.25, 0.3) is 98.7 Å². The van der Waals surface area contributed by atoms with Crippen molar-refractivity contribution >= 4 is 100 Å². The van der Waals surface area contributed by atoms with Gasteiger partial charge in [0.1, 0.15) is 11.2 Å². The Morgan fingerprint density at radius 1 is 0.395 bits per heavy atom. The molecule has 2 aliphatic heterocycles. The average Bonchev–Trinajstić information content (AvgIpc) is 4.12. The van der Waals surface area contributed by atoms with Gasteiger partial charge in [-0.1, -0.05) is 198 Å². The van der Waals surface area contributed by atoms with Crippen molar-refractivity contribution in [3.05, 3.63) is 198 Å². The largest absolute Gasteiger partial charge is 0.456 e. The van der Waals surface area contributed by atoms with Gasteiger partial charge in [-0.2, -0.15) is 0 Å². The van der Waals surface area contributed by atoms with E-state index in [-0.39, 0.29) is 28.5 Å². The Morgan fingerprint density at radius 2 is 0.947 bits per heavy atom. The molecule has 0 saturated carbocycles. The van der Waals surface area contributed by atoms with Crippen molar-refractivity contribution in [3.63, 3.8) is 0 Å². The summed E-state index contributed by atoms with van der Waals surface area (Å²) in [5.41, 5.74) is 22.6. The number of anilines is 3. The molecule has 0 bridgehead atoms. The summed E-state index contributed by atoms with van der Waals surface area (Å²) in [5.74, 6) is 0. The summed E-state index contributed by atoms with van der Waals surface area (Å²) in [6.45, 7) is 28.4. The van der Waals surface area contributed by atoms with Crippen LogP contribution in [-0.2, 0) is 21.7 Å². The van der Waals surface area contributed by atoms with Crippen LogP contribution in [0.1, 0.15) is 105 Å². The van der Waals surface area contributed by atoms with Crippen LogP contribution in [0.2, 0.25) is 0 Å². The van der Waals surface area contributed by atoms with E-state index in [9.17, 15) is 0 Å². The van der Waals surface area contributed by atoms with E-state index < -0.39 is 0 Å². The van der Waals surface area contributed by atoms with Crippen LogP contribution in [-0.4, -0.2) is 11.3 Å². The lowest BCUT2D eigenvalue weighted by atomic mass is 9.44. The number of hydrogen-bond donors (Lipinski definition) is 0. The van der Waals surface area contributed by atoms with Crippen molar-refractivity contribution in [2.75, 3.05) is 4.90 Å². The second kappa shape index (κ2) is 15.9. The van der Waals surface area contributed by atoms with Gasteiger partial charge in [0, 0.05) is 61.3 Å². The first-order chi connectivity index (χ1) is 36.2. The van der Waals surface area contributed by atoms with Crippen LogP contribution in [0, 0.1) is 0 Å². The number of rotatable bonds is 3. The molecule has 2 aromatic heterocycles. The zero-order chi connectivity index (χ0) is 52.5. The van der Waals surface area contributed by atoms with Crippen molar-refractivity contribution in [3.8, 4) is 33.4 Å². The van der Waals surface area contributed by atoms with Crippen LogP contribution < -0.4 is 15.8 Å². The summed E-state index contributed by atoms with van der Waals surface area (Å²) < 4.78 is 9.94. The highest BCUT2D eigenvalue weighted by Gasteiger charge is 2.46. The molecule has 0 N–H and O–H groups in total. The van der Waals surface area contributed by atoms with Gasteiger partial charge in [-0.25, -0.2) is 0 Å². The van der Waals surface area contributed by atoms with E-state index in [1.807, 2.05) is 0 Å². The minimum atomic E-state index is -0.185. The SMILES string of the molecule is CC(C)(C)c1ccc2c(c1)c1cc(C(C)(C)C)cc3c1n2B1c2cc4c(C(C)(C)C)c5ccccc5c(C(C)(C)C)c4cc2N(c2cc(-c4ccccc4)cc(-c4ccccc4)c2)c2cc4oc5ccccc5c4c-3c21. The van der Waals surface area contributed by atoms with Gasteiger partial charge in [0.15, 0.2) is 0 Å². The van der Waals surface area contributed by atoms with Crippen LogP contribution >= 0.6 is 0 Å². The first-order valence-electron chi connectivity index (χ1n) is 27.4. The number of aromatic nitrogens is 1. The Morgan fingerprint density at radius 3 is 1.54 bits per heavy atom. The van der Waals surface area contributed by atoms with E-state index >= 15 is 0 Å². The summed E-state index contributed by atoms with van der Waals surface area (Å²) in [7, 11) is 0. The van der Waals surface area contributed by atoms with Gasteiger partial charge in [0.2, 0.25) is 0 Å². The zero-order valence-electron chi connectivity index (χ0n) is 46.1. The lowest BCUT2D eigenvalue weighted by Gasteiger charge is -2.42. The minimum absolute atomic E-state index is 0.0358. The topological polar surface area (TPSA) is 21.3 Å². The number of para-hydroxylation sites is 1. The maximum atomic E-state index is 7.17. The molecule has 0 amide bonds. The molecule has 3 nitrogen and oxygen atoms in total. The lowest BCUT2D eigenvalue weighted by molar-refractivity contribution is 0.590. The average molecular weight is 985 g/mol. The first kappa shape index (κ1) is 46.7. The molecular formula is C72H65BN2O. The molecule has 76 heavy (non-hydrogen) atoms. The van der Waals surface area contributed by atoms with Crippen molar-refractivity contribution in [1.29, 1.82) is 0 Å². The molecule has 0 spiro atoms. The monoisotopic (exact) mass is 985 g/mol. The predicted molar refractivity (Wildman–Crippen MR) is 328 cm³/mol. The molecule has 0 aliphatic carbocycles. The van der Waals surface area contributed by atoms with Gasteiger partial charge in [0.05, 0.1) is 0 Å². The summed E-state index contributed by atoms with van der Waals surface area (Å²) >= 11 is 0. The standard InChI is InChI=1S/C72H65BN2O/c1-69(2,3)46-31-32-58-52(36-46)55-37-47(70(4,5)6)38-56-64-63-51-29-21-22-30-61(51)76-62(63)41-60-67(64)73(75(58)68(55)56)57-39-53-54(66(72(10,11)12)50-28-20-19-27-49(50)65(53)71(7,8)9)40-59(57)74(60)48-34-44(42-23-15-13-16-24-42)33-45(35-48)43-25-17-14-18-26-43/h13-41H,1-12H3. The molecule has 4 heterocycles. The summed E-state index contributed by atoms with van der Waals surface area (Å²) in [5, 5.41) is 10.2. The fraction of sp³-hybridized carbons (Fsp3) is 0.222. The Balaban J connectivity index is 1.24. The smallest absolute Gasteiger partial charge is 0.333 e. The van der Waals surface area contributed by atoms with Crippen LogP contribution in [0.3, 0.4) is 0 Å². The molecule has 0 saturated heterocycles. The predicted octanol–water partition coefficient (Wildman–Crippen LogP) is 18.9. The fourth-order valence-corrected chi connectivity index (χ4v) is 13.6. The van der Waals surface area contributed by atoms with E-state index in [0.29, 0.717) is 0 Å². The third-order valence-corrected chi connectivity index (χ3v) is 17.0. The van der Waals surface area contributed by atoms with E-state index in [1.54, 1.807) is 0 Å². The molecule has 2 aliphatic rings. The normalized spacial score (nSPS) is 13.7.